The Labute approximate surface area is 140 Å². The second-order valence-corrected chi connectivity index (χ2v) is 7.64. The fourth-order valence-corrected chi connectivity index (χ4v) is 4.43. The number of hydrogen-bond acceptors (Lipinski definition) is 4. The maximum Gasteiger partial charge on any atom is 0.243 e. The number of nitrogens with zero attached hydrogens (tertiary/aromatic N) is 1. The summed E-state index contributed by atoms with van der Waals surface area (Å²) < 4.78 is 33.0. The zero-order valence-electron chi connectivity index (χ0n) is 12.2. The molecule has 0 spiro atoms. The maximum absolute atomic E-state index is 12.7. The summed E-state index contributed by atoms with van der Waals surface area (Å²) in [5.41, 5.74) is 0. The number of piperazine rings is 1. The molecule has 0 bridgehead atoms. The van der Waals surface area contributed by atoms with E-state index in [-0.39, 0.29) is 29.4 Å². The SMILES string of the molecule is COc1cc(S(=O)(=O)N2CCNC(C)C2C)ccc1Br.Cl. The van der Waals surface area contributed by atoms with Gasteiger partial charge in [-0.15, -0.1) is 12.4 Å². The second kappa shape index (κ2) is 7.28. The molecule has 1 fully saturated rings. The predicted molar refractivity (Wildman–Crippen MR) is 88.8 cm³/mol. The van der Waals surface area contributed by atoms with Crippen LogP contribution in [0.4, 0.5) is 0 Å². The van der Waals surface area contributed by atoms with E-state index in [4.69, 9.17) is 4.74 Å². The van der Waals surface area contributed by atoms with Gasteiger partial charge in [-0.05, 0) is 41.9 Å². The Morgan fingerprint density at radius 2 is 2.05 bits per heavy atom. The van der Waals surface area contributed by atoms with Crippen LogP contribution in [0.2, 0.25) is 0 Å². The molecule has 2 unspecified atom stereocenters. The van der Waals surface area contributed by atoms with Crippen LogP contribution in [0.3, 0.4) is 0 Å². The minimum atomic E-state index is -3.50. The molecule has 2 atom stereocenters. The first-order valence-corrected chi connectivity index (χ1v) is 8.70. The Kier molecular flexibility index (Phi) is 6.49. The van der Waals surface area contributed by atoms with Gasteiger partial charge in [0.25, 0.3) is 0 Å². The van der Waals surface area contributed by atoms with Crippen molar-refractivity contribution in [3.63, 3.8) is 0 Å². The van der Waals surface area contributed by atoms with E-state index in [1.807, 2.05) is 13.8 Å². The zero-order chi connectivity index (χ0) is 14.9. The first-order chi connectivity index (χ1) is 9.37. The number of hydrogen-bond donors (Lipinski definition) is 1. The minimum absolute atomic E-state index is 0. The standard InChI is InChI=1S/C13H19BrN2O3S.ClH/c1-9-10(2)16(7-6-15-9)20(17,18)11-4-5-12(14)13(8-11)19-3;/h4-5,8-10,15H,6-7H2,1-3H3;1H. The van der Waals surface area contributed by atoms with Gasteiger partial charge in [-0.1, -0.05) is 0 Å². The van der Waals surface area contributed by atoms with Crippen LogP contribution in [-0.4, -0.2) is 45.0 Å². The highest BCUT2D eigenvalue weighted by atomic mass is 79.9. The molecular weight excluding hydrogens is 380 g/mol. The van der Waals surface area contributed by atoms with Gasteiger partial charge in [0.2, 0.25) is 10.0 Å². The average molecular weight is 400 g/mol. The van der Waals surface area contributed by atoms with E-state index in [1.54, 1.807) is 22.5 Å². The number of sulfonamides is 1. The summed E-state index contributed by atoms with van der Waals surface area (Å²) in [6.07, 6.45) is 0. The van der Waals surface area contributed by atoms with Crippen LogP contribution in [0, 0.1) is 0 Å². The lowest BCUT2D eigenvalue weighted by Gasteiger charge is -2.37. The third kappa shape index (κ3) is 3.71. The van der Waals surface area contributed by atoms with Gasteiger partial charge in [0.05, 0.1) is 16.5 Å². The predicted octanol–water partition coefficient (Wildman–Crippen LogP) is 2.25. The molecule has 0 aliphatic carbocycles. The number of benzene rings is 1. The Bertz CT molecular complexity index is 597. The summed E-state index contributed by atoms with van der Waals surface area (Å²) in [4.78, 5) is 0.263. The Hall–Kier alpha value is -0.340. The summed E-state index contributed by atoms with van der Waals surface area (Å²) in [5.74, 6) is 0.516. The van der Waals surface area contributed by atoms with Crippen molar-refractivity contribution in [1.82, 2.24) is 9.62 Å². The summed E-state index contributed by atoms with van der Waals surface area (Å²) in [7, 11) is -1.98. The second-order valence-electron chi connectivity index (χ2n) is 4.90. The van der Waals surface area contributed by atoms with Crippen molar-refractivity contribution in [2.45, 2.75) is 30.8 Å². The van der Waals surface area contributed by atoms with Crippen molar-refractivity contribution < 1.29 is 13.2 Å². The summed E-state index contributed by atoms with van der Waals surface area (Å²) in [6, 6.07) is 4.90. The smallest absolute Gasteiger partial charge is 0.243 e. The normalized spacial score (nSPS) is 23.4. The van der Waals surface area contributed by atoms with Crippen molar-refractivity contribution in [2.24, 2.45) is 0 Å². The van der Waals surface area contributed by atoms with Gasteiger partial charge < -0.3 is 10.1 Å². The van der Waals surface area contributed by atoms with E-state index in [0.29, 0.717) is 18.8 Å². The van der Waals surface area contributed by atoms with Crippen molar-refractivity contribution in [3.05, 3.63) is 22.7 Å². The van der Waals surface area contributed by atoms with Gasteiger partial charge in [0.15, 0.2) is 0 Å². The third-order valence-electron chi connectivity index (χ3n) is 3.71. The topological polar surface area (TPSA) is 58.6 Å². The molecule has 1 heterocycles. The Balaban J connectivity index is 0.00000220. The molecule has 1 aliphatic rings. The molecule has 1 aliphatic heterocycles. The summed E-state index contributed by atoms with van der Waals surface area (Å²) in [5, 5.41) is 3.28. The first-order valence-electron chi connectivity index (χ1n) is 6.46. The van der Waals surface area contributed by atoms with E-state index < -0.39 is 10.0 Å². The molecule has 1 aromatic carbocycles. The quantitative estimate of drug-likeness (QED) is 0.847. The fourth-order valence-electron chi connectivity index (χ4n) is 2.30. The van der Waals surface area contributed by atoms with Crippen LogP contribution in [0.25, 0.3) is 0 Å². The average Bonchev–Trinajstić information content (AvgIpc) is 2.42. The van der Waals surface area contributed by atoms with Crippen LogP contribution in [0.15, 0.2) is 27.6 Å². The van der Waals surface area contributed by atoms with Gasteiger partial charge in [0.1, 0.15) is 5.75 Å². The lowest BCUT2D eigenvalue weighted by atomic mass is 10.1. The van der Waals surface area contributed by atoms with Crippen LogP contribution < -0.4 is 10.1 Å². The largest absolute Gasteiger partial charge is 0.496 e. The highest BCUT2D eigenvalue weighted by molar-refractivity contribution is 9.10. The van der Waals surface area contributed by atoms with E-state index in [1.165, 1.54) is 7.11 Å². The van der Waals surface area contributed by atoms with Gasteiger partial charge in [-0.25, -0.2) is 8.42 Å². The molecule has 1 saturated heterocycles. The Morgan fingerprint density at radius 3 is 2.67 bits per heavy atom. The molecule has 5 nitrogen and oxygen atoms in total. The van der Waals surface area contributed by atoms with Crippen molar-refractivity contribution >= 4 is 38.4 Å². The minimum Gasteiger partial charge on any atom is -0.496 e. The van der Waals surface area contributed by atoms with Crippen LogP contribution in [0.5, 0.6) is 5.75 Å². The molecular formula is C13H20BrClN2O3S. The monoisotopic (exact) mass is 398 g/mol. The van der Waals surface area contributed by atoms with Crippen molar-refractivity contribution in [3.8, 4) is 5.75 Å². The Morgan fingerprint density at radius 1 is 1.38 bits per heavy atom. The van der Waals surface area contributed by atoms with E-state index in [9.17, 15) is 8.42 Å². The molecule has 8 heteroatoms. The lowest BCUT2D eigenvalue weighted by Crippen LogP contribution is -2.57. The molecule has 0 saturated carbocycles. The van der Waals surface area contributed by atoms with Gasteiger partial charge in [-0.2, -0.15) is 4.31 Å². The molecule has 0 aromatic heterocycles. The van der Waals surface area contributed by atoms with Gasteiger partial charge in [-0.3, -0.25) is 0 Å². The first kappa shape index (κ1) is 18.7. The third-order valence-corrected chi connectivity index (χ3v) is 6.34. The highest BCUT2D eigenvalue weighted by Crippen LogP contribution is 2.30. The van der Waals surface area contributed by atoms with Crippen molar-refractivity contribution in [1.29, 1.82) is 0 Å². The number of rotatable bonds is 3. The molecule has 2 rings (SSSR count). The molecule has 0 amide bonds. The highest BCUT2D eigenvalue weighted by Gasteiger charge is 2.34. The lowest BCUT2D eigenvalue weighted by molar-refractivity contribution is 0.233. The van der Waals surface area contributed by atoms with Crippen LogP contribution in [0.1, 0.15) is 13.8 Å². The summed E-state index contributed by atoms with van der Waals surface area (Å²) >= 11 is 3.33. The molecule has 0 radical (unpaired) electrons. The number of nitrogens with one attached hydrogen (secondary N) is 1. The zero-order valence-corrected chi connectivity index (χ0v) is 15.4. The molecule has 1 N–H and O–H groups in total. The van der Waals surface area contributed by atoms with Gasteiger partial charge in [0, 0.05) is 31.2 Å². The number of halogens is 2. The van der Waals surface area contributed by atoms with Crippen LogP contribution >= 0.6 is 28.3 Å². The van der Waals surface area contributed by atoms with E-state index in [0.717, 1.165) is 4.47 Å². The molecule has 120 valence electrons. The fraction of sp³-hybridized carbons (Fsp3) is 0.538. The van der Waals surface area contributed by atoms with E-state index in [2.05, 4.69) is 21.2 Å². The van der Waals surface area contributed by atoms with Crippen molar-refractivity contribution in [2.75, 3.05) is 20.2 Å². The van der Waals surface area contributed by atoms with E-state index >= 15 is 0 Å². The molecule has 1 aromatic rings. The number of ether oxygens (including phenoxy) is 1. The number of methoxy groups -OCH3 is 1. The molecule has 21 heavy (non-hydrogen) atoms. The van der Waals surface area contributed by atoms with Crippen LogP contribution in [-0.2, 0) is 10.0 Å². The summed E-state index contributed by atoms with van der Waals surface area (Å²) in [6.45, 7) is 5.06. The van der Waals surface area contributed by atoms with Gasteiger partial charge >= 0.3 is 0 Å². The maximum atomic E-state index is 12.7.